The average molecular weight is 393 g/mol. The van der Waals surface area contributed by atoms with Crippen LogP contribution in [0.1, 0.15) is 9.67 Å². The van der Waals surface area contributed by atoms with Gasteiger partial charge in [0.15, 0.2) is 6.10 Å². The molecule has 2 aromatic rings. The minimum atomic E-state index is -0.734. The second kappa shape index (κ2) is 7.26. The van der Waals surface area contributed by atoms with Gasteiger partial charge in [0.1, 0.15) is 5.75 Å². The lowest BCUT2D eigenvalue weighted by molar-refractivity contribution is -0.142. The molecule has 0 N–H and O–H groups in total. The number of benzene rings is 1. The molecule has 8 heteroatoms. The van der Waals surface area contributed by atoms with Crippen LogP contribution in [0.25, 0.3) is 0 Å². The normalized spacial score (nSPS) is 19.7. The number of thiophene rings is 1. The smallest absolute Gasteiger partial charge is 0.268 e. The third kappa shape index (κ3) is 3.30. The number of hydrogen-bond donors (Lipinski definition) is 0. The van der Waals surface area contributed by atoms with Crippen LogP contribution >= 0.6 is 22.9 Å². The number of nitrogens with zero attached hydrogens (tertiary/aromatic N) is 2. The van der Waals surface area contributed by atoms with Crippen LogP contribution in [0.4, 0.5) is 5.69 Å². The maximum atomic E-state index is 13.0. The topological polar surface area (TPSA) is 59.1 Å². The van der Waals surface area contributed by atoms with Crippen molar-refractivity contribution in [1.29, 1.82) is 0 Å². The van der Waals surface area contributed by atoms with E-state index in [2.05, 4.69) is 0 Å². The molecule has 4 rings (SSSR count). The van der Waals surface area contributed by atoms with E-state index in [4.69, 9.17) is 21.1 Å². The number of ether oxygens (including phenoxy) is 2. The van der Waals surface area contributed by atoms with Crippen molar-refractivity contribution < 1.29 is 19.1 Å². The van der Waals surface area contributed by atoms with Gasteiger partial charge in [0.25, 0.3) is 11.8 Å². The zero-order valence-electron chi connectivity index (χ0n) is 13.9. The molecule has 2 amide bonds. The van der Waals surface area contributed by atoms with E-state index in [0.717, 1.165) is 0 Å². The van der Waals surface area contributed by atoms with Crippen LogP contribution in [-0.2, 0) is 9.53 Å². The van der Waals surface area contributed by atoms with Gasteiger partial charge in [0.2, 0.25) is 0 Å². The summed E-state index contributed by atoms with van der Waals surface area (Å²) < 4.78 is 11.8. The fraction of sp³-hybridized carbons (Fsp3) is 0.333. The molecular weight excluding hydrogens is 376 g/mol. The third-order valence-electron chi connectivity index (χ3n) is 4.40. The fourth-order valence-electron chi connectivity index (χ4n) is 3.10. The average Bonchev–Trinajstić information content (AvgIpc) is 3.13. The van der Waals surface area contributed by atoms with E-state index in [1.165, 1.54) is 11.3 Å². The molecule has 2 aliphatic heterocycles. The first-order chi connectivity index (χ1) is 12.6. The lowest BCUT2D eigenvalue weighted by Crippen LogP contribution is -2.54. The number of carbonyl (C=O) groups is 2. The Morgan fingerprint density at radius 1 is 1.12 bits per heavy atom. The molecule has 0 spiro atoms. The molecule has 0 bridgehead atoms. The number of rotatable bonds is 2. The zero-order chi connectivity index (χ0) is 18.1. The maximum Gasteiger partial charge on any atom is 0.268 e. The highest BCUT2D eigenvalue weighted by molar-refractivity contribution is 7.18. The zero-order valence-corrected chi connectivity index (χ0v) is 15.5. The van der Waals surface area contributed by atoms with Gasteiger partial charge in [0, 0.05) is 13.1 Å². The summed E-state index contributed by atoms with van der Waals surface area (Å²) in [5.74, 6) is 0.226. The summed E-state index contributed by atoms with van der Waals surface area (Å²) in [6, 6.07) is 10.7. The highest BCUT2D eigenvalue weighted by Crippen LogP contribution is 2.35. The van der Waals surface area contributed by atoms with Crippen LogP contribution in [0.2, 0.25) is 4.34 Å². The summed E-state index contributed by atoms with van der Waals surface area (Å²) in [4.78, 5) is 29.7. The Morgan fingerprint density at radius 2 is 1.88 bits per heavy atom. The molecule has 0 aliphatic carbocycles. The van der Waals surface area contributed by atoms with Crippen LogP contribution in [0, 0.1) is 0 Å². The van der Waals surface area contributed by atoms with E-state index in [-0.39, 0.29) is 18.4 Å². The molecule has 0 radical (unpaired) electrons. The van der Waals surface area contributed by atoms with Gasteiger partial charge in [-0.15, -0.1) is 11.3 Å². The maximum absolute atomic E-state index is 13.0. The second-order valence-corrected chi connectivity index (χ2v) is 7.75. The van der Waals surface area contributed by atoms with E-state index >= 15 is 0 Å². The number of para-hydroxylation sites is 2. The highest BCUT2D eigenvalue weighted by Gasteiger charge is 2.37. The number of morpholine rings is 1. The van der Waals surface area contributed by atoms with E-state index in [9.17, 15) is 9.59 Å². The lowest BCUT2D eigenvalue weighted by atomic mass is 10.1. The van der Waals surface area contributed by atoms with Gasteiger partial charge in [-0.05, 0) is 24.3 Å². The van der Waals surface area contributed by atoms with Gasteiger partial charge in [0.05, 0.1) is 34.7 Å². The predicted molar refractivity (Wildman–Crippen MR) is 99.3 cm³/mol. The van der Waals surface area contributed by atoms with Crippen LogP contribution < -0.4 is 9.64 Å². The monoisotopic (exact) mass is 392 g/mol. The third-order valence-corrected chi connectivity index (χ3v) is 5.62. The molecule has 0 saturated carbocycles. The number of carbonyl (C=O) groups excluding carboxylic acids is 2. The Balaban J connectivity index is 1.62. The molecule has 1 fully saturated rings. The van der Waals surface area contributed by atoms with Crippen LogP contribution in [-0.4, -0.2) is 55.7 Å². The molecule has 2 aliphatic rings. The van der Waals surface area contributed by atoms with Crippen molar-refractivity contribution in [1.82, 2.24) is 4.90 Å². The quantitative estimate of drug-likeness (QED) is 0.788. The van der Waals surface area contributed by atoms with Crippen molar-refractivity contribution in [3.8, 4) is 5.75 Å². The molecule has 3 heterocycles. The summed E-state index contributed by atoms with van der Waals surface area (Å²) in [6.07, 6.45) is -0.734. The van der Waals surface area contributed by atoms with Crippen molar-refractivity contribution in [2.75, 3.05) is 37.7 Å². The molecule has 1 aromatic carbocycles. The highest BCUT2D eigenvalue weighted by atomic mass is 35.5. The van der Waals surface area contributed by atoms with E-state index in [1.807, 2.05) is 18.2 Å². The van der Waals surface area contributed by atoms with Gasteiger partial charge in [-0.2, -0.15) is 0 Å². The van der Waals surface area contributed by atoms with E-state index in [1.54, 1.807) is 28.0 Å². The number of halogens is 1. The fourth-order valence-corrected chi connectivity index (χ4v) is 4.10. The first-order valence-electron chi connectivity index (χ1n) is 8.33. The van der Waals surface area contributed by atoms with Crippen LogP contribution in [0.5, 0.6) is 5.75 Å². The number of hydrogen-bond acceptors (Lipinski definition) is 5. The van der Waals surface area contributed by atoms with Gasteiger partial charge >= 0.3 is 0 Å². The standard InChI is InChI=1S/C18H17ClN2O4S/c19-16-6-5-15(26-16)18(23)21-11-14(17(22)20-7-9-24-10-8-20)25-13-4-2-1-3-12(13)21/h1-6,14H,7-11H2/t14-/m1/s1. The van der Waals surface area contributed by atoms with Crippen molar-refractivity contribution in [2.45, 2.75) is 6.10 Å². The van der Waals surface area contributed by atoms with Crippen LogP contribution in [0.15, 0.2) is 36.4 Å². The molecule has 26 heavy (non-hydrogen) atoms. The first-order valence-corrected chi connectivity index (χ1v) is 9.52. The summed E-state index contributed by atoms with van der Waals surface area (Å²) in [7, 11) is 0. The predicted octanol–water partition coefficient (Wildman–Crippen LogP) is 2.67. The van der Waals surface area contributed by atoms with Crippen molar-refractivity contribution in [3.05, 3.63) is 45.6 Å². The molecular formula is C18H17ClN2O4S. The Bertz CT molecular complexity index is 834. The SMILES string of the molecule is O=C([C@H]1CN(C(=O)c2ccc(Cl)s2)c2ccccc2O1)N1CCOCC1. The molecule has 136 valence electrons. The lowest BCUT2D eigenvalue weighted by Gasteiger charge is -2.37. The summed E-state index contributed by atoms with van der Waals surface area (Å²) in [5.41, 5.74) is 0.660. The molecule has 0 unspecified atom stereocenters. The minimum Gasteiger partial charge on any atom is -0.476 e. The van der Waals surface area contributed by atoms with E-state index < -0.39 is 6.10 Å². The number of amides is 2. The van der Waals surface area contributed by atoms with Gasteiger partial charge in [-0.3, -0.25) is 14.5 Å². The summed E-state index contributed by atoms with van der Waals surface area (Å²) in [6.45, 7) is 2.28. The van der Waals surface area contributed by atoms with Gasteiger partial charge in [-0.1, -0.05) is 23.7 Å². The minimum absolute atomic E-state index is 0.121. The summed E-state index contributed by atoms with van der Waals surface area (Å²) in [5, 5.41) is 0. The number of fused-ring (bicyclic) bond motifs is 1. The molecule has 1 saturated heterocycles. The van der Waals surface area contributed by atoms with Crippen molar-refractivity contribution in [2.24, 2.45) is 0 Å². The molecule has 1 atom stereocenters. The molecule has 1 aromatic heterocycles. The summed E-state index contributed by atoms with van der Waals surface area (Å²) >= 11 is 7.20. The van der Waals surface area contributed by atoms with Gasteiger partial charge < -0.3 is 14.4 Å². The Hall–Kier alpha value is -2.09. The van der Waals surface area contributed by atoms with E-state index in [0.29, 0.717) is 47.0 Å². The second-order valence-electron chi connectivity index (χ2n) is 6.03. The van der Waals surface area contributed by atoms with Crippen molar-refractivity contribution >= 4 is 40.4 Å². The molecule has 6 nitrogen and oxygen atoms in total. The Labute approximate surface area is 159 Å². The Kier molecular flexibility index (Phi) is 4.84. The van der Waals surface area contributed by atoms with Crippen LogP contribution in [0.3, 0.4) is 0 Å². The van der Waals surface area contributed by atoms with Crippen molar-refractivity contribution in [3.63, 3.8) is 0 Å². The van der Waals surface area contributed by atoms with Gasteiger partial charge in [-0.25, -0.2) is 0 Å². The largest absolute Gasteiger partial charge is 0.476 e. The first kappa shape index (κ1) is 17.3. The Morgan fingerprint density at radius 3 is 2.62 bits per heavy atom. The number of anilines is 1.